The van der Waals surface area contributed by atoms with Crippen LogP contribution in [0.3, 0.4) is 0 Å². The third-order valence-electron chi connectivity index (χ3n) is 5.02. The maximum Gasteiger partial charge on any atom is 0.222 e. The summed E-state index contributed by atoms with van der Waals surface area (Å²) in [6, 6.07) is 14.6. The van der Waals surface area contributed by atoms with Crippen LogP contribution in [-0.2, 0) is 27.0 Å². The van der Waals surface area contributed by atoms with Gasteiger partial charge in [-0.1, -0.05) is 59.6 Å². The van der Waals surface area contributed by atoms with E-state index in [1.54, 1.807) is 11.0 Å². The summed E-state index contributed by atoms with van der Waals surface area (Å²) < 4.78 is 26.7. The van der Waals surface area contributed by atoms with Crippen molar-refractivity contribution in [1.29, 1.82) is 0 Å². The molecule has 0 aromatic heterocycles. The summed E-state index contributed by atoms with van der Waals surface area (Å²) in [5, 5.41) is 1.04. The zero-order valence-corrected chi connectivity index (χ0v) is 18.4. The summed E-state index contributed by atoms with van der Waals surface area (Å²) in [5.74, 6) is 0.0518. The first-order valence-electron chi connectivity index (χ1n) is 9.58. The third kappa shape index (κ3) is 6.19. The van der Waals surface area contributed by atoms with Crippen LogP contribution in [0.5, 0.6) is 0 Å². The van der Waals surface area contributed by atoms with Crippen molar-refractivity contribution in [2.24, 2.45) is 0 Å². The Labute approximate surface area is 182 Å². The number of piperazine rings is 1. The number of sulfonamides is 1. The number of amides is 1. The van der Waals surface area contributed by atoms with Crippen LogP contribution in [0.2, 0.25) is 10.0 Å². The van der Waals surface area contributed by atoms with Gasteiger partial charge in [-0.15, -0.1) is 0 Å². The lowest BCUT2D eigenvalue weighted by molar-refractivity contribution is -0.132. The van der Waals surface area contributed by atoms with Gasteiger partial charge in [-0.05, 0) is 36.1 Å². The van der Waals surface area contributed by atoms with E-state index in [-0.39, 0.29) is 11.7 Å². The summed E-state index contributed by atoms with van der Waals surface area (Å²) >= 11 is 11.9. The summed E-state index contributed by atoms with van der Waals surface area (Å²) in [5.41, 5.74) is 1.82. The first-order chi connectivity index (χ1) is 13.8. The Balaban J connectivity index is 1.44. The van der Waals surface area contributed by atoms with Crippen molar-refractivity contribution in [1.82, 2.24) is 9.21 Å². The van der Waals surface area contributed by atoms with Crippen molar-refractivity contribution in [3.63, 3.8) is 0 Å². The second-order valence-electron chi connectivity index (χ2n) is 7.12. The van der Waals surface area contributed by atoms with Gasteiger partial charge >= 0.3 is 0 Å². The van der Waals surface area contributed by atoms with E-state index in [2.05, 4.69) is 0 Å². The van der Waals surface area contributed by atoms with E-state index in [0.29, 0.717) is 49.1 Å². The van der Waals surface area contributed by atoms with Gasteiger partial charge in [-0.25, -0.2) is 8.42 Å². The Morgan fingerprint density at radius 1 is 0.897 bits per heavy atom. The number of hydrogen-bond acceptors (Lipinski definition) is 3. The lowest BCUT2D eigenvalue weighted by Gasteiger charge is -2.34. The van der Waals surface area contributed by atoms with Crippen molar-refractivity contribution in [3.8, 4) is 0 Å². The molecule has 1 aliphatic rings. The van der Waals surface area contributed by atoms with Crippen LogP contribution in [0.15, 0.2) is 48.5 Å². The molecule has 1 aliphatic heterocycles. The second-order valence-corrected chi connectivity index (χ2v) is 9.91. The molecular formula is C21H24Cl2N2O3S. The Morgan fingerprint density at radius 2 is 1.59 bits per heavy atom. The normalized spacial score (nSPS) is 15.4. The summed E-state index contributed by atoms with van der Waals surface area (Å²) in [6.45, 7) is 1.54. The van der Waals surface area contributed by atoms with Gasteiger partial charge in [0.25, 0.3) is 0 Å². The van der Waals surface area contributed by atoms with E-state index < -0.39 is 10.0 Å². The van der Waals surface area contributed by atoms with Crippen molar-refractivity contribution >= 4 is 39.1 Å². The van der Waals surface area contributed by atoms with E-state index in [1.165, 1.54) is 4.31 Å². The SMILES string of the molecule is O=C(CCCc1ccc(Cl)c(Cl)c1)N1CCN(S(=O)(=O)Cc2ccccc2)CC1. The highest BCUT2D eigenvalue weighted by Crippen LogP contribution is 2.23. The minimum Gasteiger partial charge on any atom is -0.340 e. The molecule has 0 atom stereocenters. The highest BCUT2D eigenvalue weighted by molar-refractivity contribution is 7.88. The van der Waals surface area contributed by atoms with Gasteiger partial charge in [0.15, 0.2) is 0 Å². The number of hydrogen-bond donors (Lipinski definition) is 0. The number of carbonyl (C=O) groups is 1. The maximum absolute atomic E-state index is 12.6. The van der Waals surface area contributed by atoms with Gasteiger partial charge < -0.3 is 4.90 Å². The minimum atomic E-state index is -3.37. The Kier molecular flexibility index (Phi) is 7.57. The molecule has 5 nitrogen and oxygen atoms in total. The molecule has 1 saturated heterocycles. The van der Waals surface area contributed by atoms with Gasteiger partial charge in [-0.2, -0.15) is 4.31 Å². The van der Waals surface area contributed by atoms with Crippen LogP contribution in [0, 0.1) is 0 Å². The summed E-state index contributed by atoms with van der Waals surface area (Å²) in [7, 11) is -3.37. The fraction of sp³-hybridized carbons (Fsp3) is 0.381. The van der Waals surface area contributed by atoms with Crippen molar-refractivity contribution in [2.45, 2.75) is 25.0 Å². The van der Waals surface area contributed by atoms with Gasteiger partial charge in [0.05, 0.1) is 15.8 Å². The Hall–Kier alpha value is -1.60. The van der Waals surface area contributed by atoms with Gasteiger partial charge in [0, 0.05) is 32.6 Å². The number of rotatable bonds is 7. The quantitative estimate of drug-likeness (QED) is 0.635. The molecule has 0 bridgehead atoms. The fourth-order valence-corrected chi connectivity index (χ4v) is 5.23. The molecular weight excluding hydrogens is 431 g/mol. The summed E-state index contributed by atoms with van der Waals surface area (Å²) in [6.07, 6.45) is 1.88. The predicted molar refractivity (Wildman–Crippen MR) is 117 cm³/mol. The van der Waals surface area contributed by atoms with Crippen molar-refractivity contribution in [3.05, 3.63) is 69.7 Å². The molecule has 1 heterocycles. The number of benzene rings is 2. The van der Waals surface area contributed by atoms with Crippen LogP contribution < -0.4 is 0 Å². The zero-order chi connectivity index (χ0) is 20.9. The molecule has 3 rings (SSSR count). The molecule has 29 heavy (non-hydrogen) atoms. The van der Waals surface area contributed by atoms with E-state index >= 15 is 0 Å². The topological polar surface area (TPSA) is 57.7 Å². The molecule has 1 fully saturated rings. The smallest absolute Gasteiger partial charge is 0.222 e. The molecule has 0 N–H and O–H groups in total. The standard InChI is InChI=1S/C21H24Cl2N2O3S/c22-19-10-9-17(15-20(19)23)7-4-8-21(26)24-11-13-25(14-12-24)29(27,28)16-18-5-2-1-3-6-18/h1-3,5-6,9-10,15H,4,7-8,11-14,16H2. The van der Waals surface area contributed by atoms with E-state index in [0.717, 1.165) is 17.5 Å². The average molecular weight is 455 g/mol. The van der Waals surface area contributed by atoms with Crippen molar-refractivity contribution in [2.75, 3.05) is 26.2 Å². The molecule has 0 spiro atoms. The second kappa shape index (κ2) is 9.94. The Morgan fingerprint density at radius 3 is 2.24 bits per heavy atom. The average Bonchev–Trinajstić information content (AvgIpc) is 2.71. The highest BCUT2D eigenvalue weighted by Gasteiger charge is 2.28. The number of halogens is 2. The first-order valence-corrected chi connectivity index (χ1v) is 11.9. The molecule has 8 heteroatoms. The number of carbonyl (C=O) groups excluding carboxylic acids is 1. The molecule has 0 aliphatic carbocycles. The van der Waals surface area contributed by atoms with E-state index in [9.17, 15) is 13.2 Å². The molecule has 0 unspecified atom stereocenters. The largest absolute Gasteiger partial charge is 0.340 e. The lowest BCUT2D eigenvalue weighted by Crippen LogP contribution is -2.50. The zero-order valence-electron chi connectivity index (χ0n) is 16.1. The van der Waals surface area contributed by atoms with E-state index in [1.807, 2.05) is 42.5 Å². The predicted octanol–water partition coefficient (Wildman–Crippen LogP) is 3.99. The van der Waals surface area contributed by atoms with Gasteiger partial charge in [-0.3, -0.25) is 4.79 Å². The monoisotopic (exact) mass is 454 g/mol. The molecule has 0 radical (unpaired) electrons. The molecule has 2 aromatic rings. The van der Waals surface area contributed by atoms with Crippen LogP contribution in [-0.4, -0.2) is 49.7 Å². The van der Waals surface area contributed by atoms with E-state index in [4.69, 9.17) is 23.2 Å². The fourth-order valence-electron chi connectivity index (χ4n) is 3.39. The van der Waals surface area contributed by atoms with Gasteiger partial charge in [0.2, 0.25) is 15.9 Å². The van der Waals surface area contributed by atoms with Crippen LogP contribution in [0.4, 0.5) is 0 Å². The molecule has 156 valence electrons. The minimum absolute atomic E-state index is 0.00849. The third-order valence-corrected chi connectivity index (χ3v) is 7.61. The molecule has 0 saturated carbocycles. The lowest BCUT2D eigenvalue weighted by atomic mass is 10.1. The number of nitrogens with zero attached hydrogens (tertiary/aromatic N) is 2. The Bertz CT molecular complexity index is 944. The maximum atomic E-state index is 12.6. The van der Waals surface area contributed by atoms with Crippen LogP contribution >= 0.6 is 23.2 Å². The summed E-state index contributed by atoms with van der Waals surface area (Å²) in [4.78, 5) is 14.2. The van der Waals surface area contributed by atoms with Crippen molar-refractivity contribution < 1.29 is 13.2 Å². The first kappa shape index (κ1) is 22.1. The number of aryl methyl sites for hydroxylation is 1. The van der Waals surface area contributed by atoms with Crippen LogP contribution in [0.1, 0.15) is 24.0 Å². The highest BCUT2D eigenvalue weighted by atomic mass is 35.5. The molecule has 2 aromatic carbocycles. The molecule has 1 amide bonds. The van der Waals surface area contributed by atoms with Crippen LogP contribution in [0.25, 0.3) is 0 Å². The van der Waals surface area contributed by atoms with Gasteiger partial charge in [0.1, 0.15) is 0 Å².